The molecule has 0 spiro atoms. The smallest absolute Gasteiger partial charge is 0.325 e. The normalized spacial score (nSPS) is 16.9. The highest BCUT2D eigenvalue weighted by molar-refractivity contribution is 5.94. The molecule has 1 atom stereocenters. The summed E-state index contributed by atoms with van der Waals surface area (Å²) in [7, 11) is 1.59. The van der Waals surface area contributed by atoms with Gasteiger partial charge in [0.1, 0.15) is 11.3 Å². The molecule has 9 nitrogen and oxygen atoms in total. The fourth-order valence-electron chi connectivity index (χ4n) is 2.75. The third kappa shape index (κ3) is 6.16. The Morgan fingerprint density at radius 1 is 1.21 bits per heavy atom. The quantitative estimate of drug-likeness (QED) is 0.414. The van der Waals surface area contributed by atoms with E-state index in [4.69, 9.17) is 18.9 Å². The van der Waals surface area contributed by atoms with E-state index in [-0.39, 0.29) is 19.2 Å². The molecule has 1 fully saturated rings. The van der Waals surface area contributed by atoms with Crippen molar-refractivity contribution in [3.8, 4) is 5.75 Å². The number of carboxylic acids is 1. The number of ether oxygens (including phenoxy) is 4. The van der Waals surface area contributed by atoms with Gasteiger partial charge >= 0.3 is 5.97 Å². The van der Waals surface area contributed by atoms with Crippen LogP contribution in [0.1, 0.15) is 17.3 Å². The summed E-state index contributed by atoms with van der Waals surface area (Å²) in [6, 6.07) is 6.55. The van der Waals surface area contributed by atoms with Crippen LogP contribution in [-0.2, 0) is 19.0 Å². The molecule has 0 radical (unpaired) electrons. The number of morpholine rings is 1. The van der Waals surface area contributed by atoms with Gasteiger partial charge in [0.2, 0.25) is 0 Å². The van der Waals surface area contributed by atoms with Crippen molar-refractivity contribution < 1.29 is 33.6 Å². The predicted octanol–water partition coefficient (Wildman–Crippen LogP) is 0.591. The SMILES string of the molecule is COCCOCOc1ccc(C(=O)NC[C@@](C)(C(=O)O)N2CCOCC2)cc1. The van der Waals surface area contributed by atoms with Crippen LogP contribution < -0.4 is 10.1 Å². The van der Waals surface area contributed by atoms with Crippen molar-refractivity contribution >= 4 is 11.9 Å². The number of carbonyl (C=O) groups is 2. The van der Waals surface area contributed by atoms with Gasteiger partial charge < -0.3 is 29.4 Å². The second kappa shape index (κ2) is 11.0. The van der Waals surface area contributed by atoms with Crippen LogP contribution in [0.25, 0.3) is 0 Å². The summed E-state index contributed by atoms with van der Waals surface area (Å²) < 4.78 is 20.8. The largest absolute Gasteiger partial charge is 0.480 e. The number of rotatable bonds is 11. The van der Waals surface area contributed by atoms with Crippen molar-refractivity contribution in [2.45, 2.75) is 12.5 Å². The number of hydrogen-bond donors (Lipinski definition) is 2. The second-order valence-electron chi connectivity index (χ2n) is 6.55. The number of aliphatic carboxylic acids is 1. The first-order valence-corrected chi connectivity index (χ1v) is 9.11. The van der Waals surface area contributed by atoms with Crippen LogP contribution in [0, 0.1) is 0 Å². The van der Waals surface area contributed by atoms with Crippen molar-refractivity contribution in [1.82, 2.24) is 10.2 Å². The van der Waals surface area contributed by atoms with Crippen molar-refractivity contribution in [2.75, 3.05) is 60.0 Å². The van der Waals surface area contributed by atoms with Gasteiger partial charge in [0.25, 0.3) is 5.91 Å². The maximum atomic E-state index is 12.4. The summed E-state index contributed by atoms with van der Waals surface area (Å²) in [5.74, 6) is -0.756. The summed E-state index contributed by atoms with van der Waals surface area (Å²) in [6.07, 6.45) is 0. The molecule has 156 valence electrons. The Hall–Kier alpha value is -2.20. The van der Waals surface area contributed by atoms with Crippen LogP contribution in [0.5, 0.6) is 5.75 Å². The van der Waals surface area contributed by atoms with Crippen molar-refractivity contribution in [1.29, 1.82) is 0 Å². The Balaban J connectivity index is 1.86. The summed E-state index contributed by atoms with van der Waals surface area (Å²) in [4.78, 5) is 26.0. The fraction of sp³-hybridized carbons (Fsp3) is 0.579. The zero-order chi connectivity index (χ0) is 20.4. The monoisotopic (exact) mass is 396 g/mol. The topological polar surface area (TPSA) is 107 Å². The van der Waals surface area contributed by atoms with Gasteiger partial charge in [-0.25, -0.2) is 0 Å². The third-order valence-corrected chi connectivity index (χ3v) is 4.62. The van der Waals surface area contributed by atoms with Gasteiger partial charge in [0.15, 0.2) is 6.79 Å². The Morgan fingerprint density at radius 3 is 2.50 bits per heavy atom. The van der Waals surface area contributed by atoms with E-state index in [1.54, 1.807) is 38.3 Å². The molecule has 0 aromatic heterocycles. The first-order chi connectivity index (χ1) is 13.5. The fourth-order valence-corrected chi connectivity index (χ4v) is 2.75. The molecule has 1 aliphatic heterocycles. The van der Waals surface area contributed by atoms with E-state index < -0.39 is 11.5 Å². The minimum atomic E-state index is -1.19. The standard InChI is InChI=1S/C19H28N2O7/c1-19(18(23)24,21-7-9-26-10-8-21)13-20-17(22)15-3-5-16(6-4-15)28-14-27-12-11-25-2/h3-6H,7-14H2,1-2H3,(H,20,22)(H,23,24)/t19-/m0/s1. The van der Waals surface area contributed by atoms with E-state index >= 15 is 0 Å². The first kappa shape index (κ1) is 22.1. The second-order valence-corrected chi connectivity index (χ2v) is 6.55. The lowest BCUT2D eigenvalue weighted by atomic mass is 9.99. The molecule has 1 aromatic rings. The lowest BCUT2D eigenvalue weighted by Gasteiger charge is -2.40. The number of hydrogen-bond acceptors (Lipinski definition) is 7. The number of carboxylic acid groups (broad SMARTS) is 1. The van der Waals surface area contributed by atoms with Crippen molar-refractivity contribution in [3.05, 3.63) is 29.8 Å². The highest BCUT2D eigenvalue weighted by Gasteiger charge is 2.40. The molecule has 9 heteroatoms. The third-order valence-electron chi connectivity index (χ3n) is 4.62. The molecule has 2 rings (SSSR count). The molecule has 0 unspecified atom stereocenters. The van der Waals surface area contributed by atoms with Gasteiger partial charge in [-0.2, -0.15) is 0 Å². The van der Waals surface area contributed by atoms with Gasteiger partial charge in [0.05, 0.1) is 26.4 Å². The highest BCUT2D eigenvalue weighted by Crippen LogP contribution is 2.17. The van der Waals surface area contributed by atoms with E-state index in [9.17, 15) is 14.7 Å². The maximum Gasteiger partial charge on any atom is 0.325 e. The van der Waals surface area contributed by atoms with Gasteiger partial charge in [-0.3, -0.25) is 14.5 Å². The first-order valence-electron chi connectivity index (χ1n) is 9.11. The number of nitrogens with zero attached hydrogens (tertiary/aromatic N) is 1. The summed E-state index contributed by atoms with van der Waals surface area (Å²) in [5.41, 5.74) is -0.774. The zero-order valence-corrected chi connectivity index (χ0v) is 16.3. The van der Waals surface area contributed by atoms with E-state index in [0.29, 0.717) is 50.8 Å². The van der Waals surface area contributed by atoms with Gasteiger partial charge in [-0.05, 0) is 31.2 Å². The summed E-state index contributed by atoms with van der Waals surface area (Å²) in [6.45, 7) is 4.60. The summed E-state index contributed by atoms with van der Waals surface area (Å²) in [5, 5.41) is 12.4. The molecule has 1 heterocycles. The van der Waals surface area contributed by atoms with Crippen LogP contribution in [0.4, 0.5) is 0 Å². The lowest BCUT2D eigenvalue weighted by Crippen LogP contribution is -2.61. The molecule has 1 aliphatic rings. The number of nitrogens with one attached hydrogen (secondary N) is 1. The van der Waals surface area contributed by atoms with Crippen LogP contribution in [0.2, 0.25) is 0 Å². The molecule has 0 saturated carbocycles. The average Bonchev–Trinajstić information content (AvgIpc) is 2.72. The molecule has 1 saturated heterocycles. The predicted molar refractivity (Wildman–Crippen MR) is 101 cm³/mol. The van der Waals surface area contributed by atoms with Crippen LogP contribution in [-0.4, -0.2) is 87.4 Å². The Bertz CT molecular complexity index is 632. The average molecular weight is 396 g/mol. The van der Waals surface area contributed by atoms with Crippen molar-refractivity contribution in [2.24, 2.45) is 0 Å². The number of carbonyl (C=O) groups excluding carboxylic acids is 1. The van der Waals surface area contributed by atoms with Crippen molar-refractivity contribution in [3.63, 3.8) is 0 Å². The Kier molecular flexibility index (Phi) is 8.65. The Morgan fingerprint density at radius 2 is 1.89 bits per heavy atom. The minimum Gasteiger partial charge on any atom is -0.480 e. The van der Waals surface area contributed by atoms with Crippen LogP contribution in [0.15, 0.2) is 24.3 Å². The number of benzene rings is 1. The molecule has 2 N–H and O–H groups in total. The van der Waals surface area contributed by atoms with E-state index in [1.165, 1.54) is 0 Å². The summed E-state index contributed by atoms with van der Waals surface area (Å²) >= 11 is 0. The molecule has 1 aromatic carbocycles. The molecule has 0 bridgehead atoms. The molecular formula is C19H28N2O7. The molecule has 28 heavy (non-hydrogen) atoms. The van der Waals surface area contributed by atoms with E-state index in [0.717, 1.165) is 0 Å². The number of methoxy groups -OCH3 is 1. The van der Waals surface area contributed by atoms with E-state index in [1.807, 2.05) is 4.90 Å². The highest BCUT2D eigenvalue weighted by atomic mass is 16.7. The lowest BCUT2D eigenvalue weighted by molar-refractivity contribution is -0.153. The van der Waals surface area contributed by atoms with Crippen LogP contribution >= 0.6 is 0 Å². The van der Waals surface area contributed by atoms with Gasteiger partial charge in [-0.1, -0.05) is 0 Å². The molecular weight excluding hydrogens is 368 g/mol. The maximum absolute atomic E-state index is 12.4. The zero-order valence-electron chi connectivity index (χ0n) is 16.3. The molecule has 1 amide bonds. The minimum absolute atomic E-state index is 0.00718. The number of amides is 1. The molecule has 0 aliphatic carbocycles. The van der Waals surface area contributed by atoms with Gasteiger partial charge in [-0.15, -0.1) is 0 Å². The Labute approximate surface area is 164 Å². The van der Waals surface area contributed by atoms with Crippen LogP contribution in [0.3, 0.4) is 0 Å². The van der Waals surface area contributed by atoms with E-state index in [2.05, 4.69) is 5.32 Å². The van der Waals surface area contributed by atoms with Gasteiger partial charge in [0, 0.05) is 32.3 Å².